The molecule has 2 aromatic carbocycles. The molecule has 1 saturated carbocycles. The second kappa shape index (κ2) is 9.14. The van der Waals surface area contributed by atoms with Gasteiger partial charge in [0.2, 0.25) is 17.6 Å². The average Bonchev–Trinajstić information content (AvgIpc) is 3.25. The van der Waals surface area contributed by atoms with Crippen molar-refractivity contribution < 1.29 is 46.2 Å². The second-order valence-corrected chi connectivity index (χ2v) is 12.3. The zero-order valence-corrected chi connectivity index (χ0v) is 23.3. The van der Waals surface area contributed by atoms with Crippen molar-refractivity contribution in [3.05, 3.63) is 69.5 Å². The van der Waals surface area contributed by atoms with Gasteiger partial charge in [-0.05, 0) is 36.5 Å². The van der Waals surface area contributed by atoms with Crippen molar-refractivity contribution in [2.24, 2.45) is 17.8 Å². The van der Waals surface area contributed by atoms with E-state index >= 15 is 0 Å². The smallest absolute Gasteiger partial charge is 0.258 e. The number of halogens is 8. The van der Waals surface area contributed by atoms with Crippen LogP contribution in [0.5, 0.6) is 5.75 Å². The number of phenols is 1. The molecule has 0 unspecified atom stereocenters. The lowest BCUT2D eigenvalue weighted by Crippen LogP contribution is -2.60. The van der Waals surface area contributed by atoms with E-state index in [-0.39, 0.29) is 33.2 Å². The molecular weight excluding hydrogens is 634 g/mol. The van der Waals surface area contributed by atoms with Gasteiger partial charge < -0.3 is 5.11 Å². The summed E-state index contributed by atoms with van der Waals surface area (Å²) in [7, 11) is 1.28. The first-order chi connectivity index (χ1) is 19.6. The van der Waals surface area contributed by atoms with Crippen molar-refractivity contribution >= 4 is 64.1 Å². The monoisotopic (exact) mass is 648 g/mol. The highest BCUT2D eigenvalue weighted by atomic mass is 35.5. The zero-order chi connectivity index (χ0) is 30.8. The highest BCUT2D eigenvalue weighted by molar-refractivity contribution is 6.58. The lowest BCUT2D eigenvalue weighted by Gasteiger charge is -2.50. The van der Waals surface area contributed by atoms with Crippen LogP contribution < -0.4 is 4.90 Å². The lowest BCUT2D eigenvalue weighted by molar-refractivity contribution is -0.138. The van der Waals surface area contributed by atoms with E-state index in [2.05, 4.69) is 0 Å². The van der Waals surface area contributed by atoms with Crippen LogP contribution in [0.3, 0.4) is 0 Å². The third kappa shape index (κ3) is 3.34. The normalized spacial score (nSPS) is 32.3. The Hall–Kier alpha value is -3.22. The number of carbonyl (C=O) groups excluding carboxylic acids is 4. The number of benzene rings is 2. The molecule has 6 atom stereocenters. The van der Waals surface area contributed by atoms with Crippen LogP contribution in [0.2, 0.25) is 5.02 Å². The van der Waals surface area contributed by atoms with Gasteiger partial charge in [-0.1, -0.05) is 29.3 Å². The van der Waals surface area contributed by atoms with Crippen LogP contribution in [0.15, 0.2) is 29.8 Å². The number of phenolic OH excluding ortho intramolecular Hbond substituents is 1. The molecule has 0 bridgehead atoms. The third-order valence-electron chi connectivity index (χ3n) is 8.74. The van der Waals surface area contributed by atoms with Crippen LogP contribution in [0, 0.1) is 46.8 Å². The average molecular weight is 650 g/mol. The largest absolute Gasteiger partial charge is 0.508 e. The van der Waals surface area contributed by atoms with Crippen molar-refractivity contribution in [1.82, 2.24) is 4.90 Å². The number of aromatic hydroxyl groups is 1. The summed E-state index contributed by atoms with van der Waals surface area (Å²) in [5, 5.41) is 9.77. The van der Waals surface area contributed by atoms with E-state index in [1.54, 1.807) is 6.08 Å². The number of nitrogens with zero attached hydrogens (tertiary/aromatic N) is 2. The Bertz CT molecular complexity index is 1680. The first-order valence-electron chi connectivity index (χ1n) is 12.4. The number of hydrogen-bond donors (Lipinski definition) is 1. The number of likely N-dealkylation sites (tertiary alicyclic amines) is 1. The van der Waals surface area contributed by atoms with Gasteiger partial charge in [0.05, 0.1) is 11.8 Å². The Kier molecular flexibility index (Phi) is 6.28. The van der Waals surface area contributed by atoms with Crippen LogP contribution in [0.1, 0.15) is 24.3 Å². The van der Waals surface area contributed by atoms with E-state index in [0.29, 0.717) is 0 Å². The minimum absolute atomic E-state index is 0.00873. The molecule has 7 nitrogen and oxygen atoms in total. The maximum atomic E-state index is 15.0. The molecule has 42 heavy (non-hydrogen) atoms. The highest BCUT2D eigenvalue weighted by Gasteiger charge is 2.77. The van der Waals surface area contributed by atoms with E-state index in [1.165, 1.54) is 19.2 Å². The summed E-state index contributed by atoms with van der Waals surface area (Å²) >= 11 is 20.3. The molecular formula is C27H16Cl3F5N2O5. The van der Waals surface area contributed by atoms with Crippen molar-refractivity contribution in [2.45, 2.75) is 28.5 Å². The van der Waals surface area contributed by atoms with E-state index in [4.69, 9.17) is 34.8 Å². The van der Waals surface area contributed by atoms with Crippen LogP contribution in [-0.2, 0) is 19.2 Å². The van der Waals surface area contributed by atoms with E-state index < -0.39 is 98.2 Å². The Morgan fingerprint density at radius 3 is 2.07 bits per heavy atom. The lowest BCUT2D eigenvalue weighted by atomic mass is 9.56. The summed E-state index contributed by atoms with van der Waals surface area (Å²) in [6.07, 6.45) is 0.952. The Labute approximate surface area is 248 Å². The molecule has 2 heterocycles. The van der Waals surface area contributed by atoms with E-state index in [1.807, 2.05) is 0 Å². The molecule has 3 fully saturated rings. The first-order valence-corrected chi connectivity index (χ1v) is 13.5. The van der Waals surface area contributed by atoms with E-state index in [9.17, 15) is 46.2 Å². The fraction of sp³-hybridized carbons (Fsp3) is 0.333. The Morgan fingerprint density at radius 2 is 1.48 bits per heavy atom. The number of hydrogen-bond acceptors (Lipinski definition) is 5. The van der Waals surface area contributed by atoms with Crippen molar-refractivity contribution in [3.8, 4) is 5.75 Å². The quantitative estimate of drug-likeness (QED) is 0.124. The summed E-state index contributed by atoms with van der Waals surface area (Å²) in [5.41, 5.74) is -1.60. The van der Waals surface area contributed by atoms with Gasteiger partial charge in [-0.2, -0.15) is 0 Å². The van der Waals surface area contributed by atoms with Gasteiger partial charge in [0.15, 0.2) is 33.0 Å². The van der Waals surface area contributed by atoms with E-state index in [0.717, 1.165) is 11.0 Å². The fourth-order valence-electron chi connectivity index (χ4n) is 6.82. The zero-order valence-electron chi connectivity index (χ0n) is 21.0. The summed E-state index contributed by atoms with van der Waals surface area (Å²) < 4.78 is 72.2. The van der Waals surface area contributed by atoms with Gasteiger partial charge in [-0.3, -0.25) is 24.1 Å². The van der Waals surface area contributed by atoms with Crippen LogP contribution >= 0.6 is 34.8 Å². The van der Waals surface area contributed by atoms with Gasteiger partial charge in [-0.25, -0.2) is 26.9 Å². The molecule has 15 heteroatoms. The van der Waals surface area contributed by atoms with Gasteiger partial charge in [0, 0.05) is 18.0 Å². The molecule has 4 aliphatic rings. The summed E-state index contributed by atoms with van der Waals surface area (Å²) in [4.78, 5) is 49.4. The summed E-state index contributed by atoms with van der Waals surface area (Å²) in [6.45, 7) is 0. The van der Waals surface area contributed by atoms with Crippen LogP contribution in [0.4, 0.5) is 27.6 Å². The minimum atomic E-state index is -2.68. The number of allylic oxidation sites excluding steroid dienone is 2. The maximum absolute atomic E-state index is 15.0. The van der Waals surface area contributed by atoms with Crippen LogP contribution in [0.25, 0.3) is 0 Å². The van der Waals surface area contributed by atoms with Crippen molar-refractivity contribution in [2.75, 3.05) is 11.9 Å². The predicted octanol–water partition coefficient (Wildman–Crippen LogP) is 4.93. The van der Waals surface area contributed by atoms with Gasteiger partial charge in [0.25, 0.3) is 11.8 Å². The number of anilines is 1. The number of amides is 4. The number of alkyl halides is 2. The summed E-state index contributed by atoms with van der Waals surface area (Å²) in [5.74, 6) is -21.4. The highest BCUT2D eigenvalue weighted by Crippen LogP contribution is 2.66. The fourth-order valence-corrected chi connectivity index (χ4v) is 8.03. The van der Waals surface area contributed by atoms with Gasteiger partial charge in [-0.15, -0.1) is 23.2 Å². The number of rotatable bonds is 2. The molecule has 2 saturated heterocycles. The topological polar surface area (TPSA) is 95.0 Å². The molecule has 6 rings (SSSR count). The molecule has 4 amide bonds. The SMILES string of the molecule is CN1C(=O)[C@H]2[C@H](CC=C3[C@H]2C[C@@]2(Cl)C(=O)N(c4c(F)c(F)c(F)c(F)c4F)C(=O)[C@@]2(Cl)[C@H]3c2ccc(O)cc2Cl)C1=O. The Balaban J connectivity index is 1.63. The molecule has 0 radical (unpaired) electrons. The number of fused-ring (bicyclic) bond motifs is 4. The Morgan fingerprint density at radius 1 is 0.881 bits per heavy atom. The molecule has 2 aliphatic heterocycles. The molecule has 0 aromatic heterocycles. The van der Waals surface area contributed by atoms with Gasteiger partial charge >= 0.3 is 0 Å². The maximum Gasteiger partial charge on any atom is 0.258 e. The minimum Gasteiger partial charge on any atom is -0.508 e. The molecule has 2 aromatic rings. The third-order valence-corrected chi connectivity index (χ3v) is 10.5. The van der Waals surface area contributed by atoms with Crippen LogP contribution in [-0.4, -0.2) is 50.4 Å². The number of imide groups is 2. The first kappa shape index (κ1) is 28.9. The molecule has 220 valence electrons. The summed E-state index contributed by atoms with van der Waals surface area (Å²) in [6, 6.07) is 3.52. The van der Waals surface area contributed by atoms with Gasteiger partial charge in [0.1, 0.15) is 11.4 Å². The second-order valence-electron chi connectivity index (χ2n) is 10.6. The standard InChI is InChI=1S/C27H16Cl3F5N2O5/c1-36-22(39)11-5-4-9-12(14(11)23(36)40)7-26(29)24(41)37(21-19(34)17(32)16(31)18(33)20(21)35)25(42)27(26,30)15(9)10-3-2-8(38)6-13(10)28/h2-4,6,11-12,14-15,38H,5,7H2,1H3/t11-,12+,14-,15+,26+,27-/m0/s1. The van der Waals surface area contributed by atoms with Crippen molar-refractivity contribution in [1.29, 1.82) is 0 Å². The molecule has 0 spiro atoms. The molecule has 1 N–H and O–H groups in total. The molecule has 2 aliphatic carbocycles. The number of carbonyl (C=O) groups is 4. The van der Waals surface area contributed by atoms with Crippen molar-refractivity contribution in [3.63, 3.8) is 0 Å². The predicted molar refractivity (Wildman–Crippen MR) is 137 cm³/mol.